The third kappa shape index (κ3) is 8.31. The average Bonchev–Trinajstić information content (AvgIpc) is 2.67. The topological polar surface area (TPSA) is 35.5 Å². The van der Waals surface area contributed by atoms with E-state index in [0.717, 1.165) is 24.3 Å². The third-order valence-corrected chi connectivity index (χ3v) is 3.74. The molecule has 33 heavy (non-hydrogen) atoms. The van der Waals surface area contributed by atoms with Gasteiger partial charge in [0.1, 0.15) is 17.3 Å². The van der Waals surface area contributed by atoms with Crippen molar-refractivity contribution in [2.24, 2.45) is 0 Å². The number of carbonyl (C=O) groups is 1. The van der Waals surface area contributed by atoms with Crippen molar-refractivity contribution < 1.29 is 58.2 Å². The minimum atomic E-state index is -4.95. The largest absolute Gasteiger partial charge is 0.484 e. The van der Waals surface area contributed by atoms with E-state index in [9.17, 15) is 48.7 Å². The fourth-order valence-corrected chi connectivity index (χ4v) is 2.37. The van der Waals surface area contributed by atoms with E-state index in [2.05, 4.69) is 9.47 Å². The molecule has 0 saturated heterocycles. The maximum absolute atomic E-state index is 13.6. The lowest BCUT2D eigenvalue weighted by Crippen LogP contribution is -2.21. The lowest BCUT2D eigenvalue weighted by Gasteiger charge is -2.14. The molecule has 0 heterocycles. The Balaban J connectivity index is 2.32. The summed E-state index contributed by atoms with van der Waals surface area (Å²) in [5.41, 5.74) is -2.37. The summed E-state index contributed by atoms with van der Waals surface area (Å²) in [6.07, 6.45) is -12.9. The predicted octanol–water partition coefficient (Wildman–Crippen LogP) is 6.62. The van der Waals surface area contributed by atoms with Crippen LogP contribution in [0.25, 0.3) is 6.08 Å². The van der Waals surface area contributed by atoms with Crippen LogP contribution in [0, 0.1) is 5.82 Å². The van der Waals surface area contributed by atoms with Gasteiger partial charge in [0.2, 0.25) is 0 Å². The van der Waals surface area contributed by atoms with Gasteiger partial charge in [-0.05, 0) is 42.0 Å². The van der Waals surface area contributed by atoms with Crippen molar-refractivity contribution >= 4 is 11.9 Å². The Kier molecular flexibility index (Phi) is 7.65. The number of benzene rings is 2. The summed E-state index contributed by atoms with van der Waals surface area (Å²) in [5, 5.41) is 0. The first-order valence-corrected chi connectivity index (χ1v) is 8.67. The van der Waals surface area contributed by atoms with Gasteiger partial charge in [0.25, 0.3) is 0 Å². The van der Waals surface area contributed by atoms with Crippen molar-refractivity contribution in [1.82, 2.24) is 0 Å². The molecule has 2 aromatic carbocycles. The maximum atomic E-state index is 13.6. The minimum Gasteiger partial charge on any atom is -0.484 e. The Morgan fingerprint density at radius 2 is 1.42 bits per heavy atom. The molecule has 0 aliphatic rings. The maximum Gasteiger partial charge on any atom is 0.422 e. The van der Waals surface area contributed by atoms with Gasteiger partial charge in [-0.2, -0.15) is 39.5 Å². The SMILES string of the molecule is O=C(C=Cc1ccc(C(F)(F)F)c(F)c1)c1cc(OCC(F)(F)F)ccc1OCC(F)(F)F. The molecule has 0 bridgehead atoms. The molecule has 0 N–H and O–H groups in total. The molecule has 2 aromatic rings. The number of hydrogen-bond donors (Lipinski definition) is 0. The van der Waals surface area contributed by atoms with Crippen LogP contribution in [0.5, 0.6) is 11.5 Å². The second kappa shape index (κ2) is 9.71. The number of halogens is 10. The van der Waals surface area contributed by atoms with Crippen LogP contribution in [0.1, 0.15) is 21.5 Å². The fourth-order valence-electron chi connectivity index (χ4n) is 2.37. The summed E-state index contributed by atoms with van der Waals surface area (Å²) in [7, 11) is 0. The highest BCUT2D eigenvalue weighted by atomic mass is 19.4. The van der Waals surface area contributed by atoms with Gasteiger partial charge in [0.05, 0.1) is 11.1 Å². The predicted molar refractivity (Wildman–Crippen MR) is 94.3 cm³/mol. The molecule has 13 heteroatoms. The average molecular weight is 490 g/mol. The van der Waals surface area contributed by atoms with Crippen LogP contribution in [-0.4, -0.2) is 31.3 Å². The summed E-state index contributed by atoms with van der Waals surface area (Å²) in [6, 6.07) is 4.07. The lowest BCUT2D eigenvalue weighted by molar-refractivity contribution is -0.154. The highest BCUT2D eigenvalue weighted by Gasteiger charge is 2.34. The van der Waals surface area contributed by atoms with E-state index in [1.54, 1.807) is 0 Å². The first kappa shape index (κ1) is 26.0. The van der Waals surface area contributed by atoms with Crippen molar-refractivity contribution in [1.29, 1.82) is 0 Å². The minimum absolute atomic E-state index is 0.198. The summed E-state index contributed by atoms with van der Waals surface area (Å²) in [6.45, 7) is -3.56. The van der Waals surface area contributed by atoms with Gasteiger partial charge in [0, 0.05) is 0 Å². The summed E-state index contributed by atoms with van der Waals surface area (Å²) in [5.74, 6) is -3.87. The highest BCUT2D eigenvalue weighted by molar-refractivity contribution is 6.08. The number of alkyl halides is 9. The second-order valence-corrected chi connectivity index (χ2v) is 6.40. The Bertz CT molecular complexity index is 1020. The number of carbonyl (C=O) groups excluding carboxylic acids is 1. The smallest absolute Gasteiger partial charge is 0.422 e. The Hall–Kier alpha value is -3.25. The van der Waals surface area contributed by atoms with E-state index in [-0.39, 0.29) is 5.56 Å². The van der Waals surface area contributed by atoms with Crippen molar-refractivity contribution in [2.45, 2.75) is 18.5 Å². The van der Waals surface area contributed by atoms with E-state index in [4.69, 9.17) is 0 Å². The number of rotatable bonds is 7. The van der Waals surface area contributed by atoms with Crippen LogP contribution in [-0.2, 0) is 6.18 Å². The number of ether oxygens (including phenoxy) is 2. The molecule has 0 radical (unpaired) electrons. The molecule has 0 aromatic heterocycles. The Labute approximate surface area is 179 Å². The zero-order valence-electron chi connectivity index (χ0n) is 16.0. The zero-order valence-corrected chi connectivity index (χ0v) is 16.0. The van der Waals surface area contributed by atoms with Crippen molar-refractivity contribution in [2.75, 3.05) is 13.2 Å². The van der Waals surface area contributed by atoms with E-state index < -0.39 is 66.0 Å². The standard InChI is InChI=1S/C20H12F10O3/c21-15-7-11(1-4-14(15)20(28,29)30)2-5-16(31)13-8-12(32-9-18(22,23)24)3-6-17(13)33-10-19(25,26)27/h1-8H,9-10H2. The lowest BCUT2D eigenvalue weighted by atomic mass is 10.1. The van der Waals surface area contributed by atoms with Crippen LogP contribution < -0.4 is 9.47 Å². The Morgan fingerprint density at radius 1 is 0.818 bits per heavy atom. The van der Waals surface area contributed by atoms with Gasteiger partial charge < -0.3 is 9.47 Å². The van der Waals surface area contributed by atoms with Gasteiger partial charge >= 0.3 is 18.5 Å². The molecule has 0 unspecified atom stereocenters. The van der Waals surface area contributed by atoms with E-state index in [1.165, 1.54) is 0 Å². The van der Waals surface area contributed by atoms with Crippen molar-refractivity contribution in [3.63, 3.8) is 0 Å². The first-order valence-electron chi connectivity index (χ1n) is 8.67. The molecule has 3 nitrogen and oxygen atoms in total. The van der Waals surface area contributed by atoms with Crippen LogP contribution >= 0.6 is 0 Å². The molecule has 0 aliphatic carbocycles. The molecule has 0 atom stereocenters. The normalized spacial score (nSPS) is 12.8. The molecule has 0 amide bonds. The van der Waals surface area contributed by atoms with E-state index in [0.29, 0.717) is 24.3 Å². The molecule has 0 fully saturated rings. The summed E-state index contributed by atoms with van der Waals surface area (Å²) >= 11 is 0. The van der Waals surface area contributed by atoms with Crippen molar-refractivity contribution in [3.8, 4) is 11.5 Å². The Morgan fingerprint density at radius 3 is 1.97 bits per heavy atom. The third-order valence-electron chi connectivity index (χ3n) is 3.74. The monoisotopic (exact) mass is 490 g/mol. The summed E-state index contributed by atoms with van der Waals surface area (Å²) < 4.78 is 135. The summed E-state index contributed by atoms with van der Waals surface area (Å²) in [4.78, 5) is 12.4. The second-order valence-electron chi connectivity index (χ2n) is 6.40. The quantitative estimate of drug-likeness (QED) is 0.249. The zero-order chi connectivity index (χ0) is 25.0. The molecule has 0 aliphatic heterocycles. The van der Waals surface area contributed by atoms with Gasteiger partial charge in [-0.15, -0.1) is 0 Å². The van der Waals surface area contributed by atoms with Crippen molar-refractivity contribution in [3.05, 3.63) is 65.0 Å². The molecule has 2 rings (SSSR count). The molecule has 180 valence electrons. The fraction of sp³-hybridized carbons (Fsp3) is 0.250. The number of allylic oxidation sites excluding steroid dienone is 1. The van der Waals surface area contributed by atoms with Gasteiger partial charge in [-0.25, -0.2) is 4.39 Å². The van der Waals surface area contributed by atoms with Crippen LogP contribution in [0.3, 0.4) is 0 Å². The van der Waals surface area contributed by atoms with E-state index in [1.807, 2.05) is 0 Å². The highest BCUT2D eigenvalue weighted by Crippen LogP contribution is 2.32. The van der Waals surface area contributed by atoms with Crippen LogP contribution in [0.2, 0.25) is 0 Å². The molecule has 0 spiro atoms. The van der Waals surface area contributed by atoms with Crippen LogP contribution in [0.15, 0.2) is 42.5 Å². The van der Waals surface area contributed by atoms with E-state index >= 15 is 0 Å². The first-order chi connectivity index (χ1) is 15.0. The molecular formula is C20H12F10O3. The number of ketones is 1. The van der Waals surface area contributed by atoms with Gasteiger partial charge in [-0.1, -0.05) is 12.1 Å². The van der Waals surface area contributed by atoms with Gasteiger partial charge in [-0.3, -0.25) is 4.79 Å². The molecular weight excluding hydrogens is 478 g/mol. The number of hydrogen-bond acceptors (Lipinski definition) is 3. The molecule has 0 saturated carbocycles. The van der Waals surface area contributed by atoms with Crippen LogP contribution in [0.4, 0.5) is 43.9 Å². The van der Waals surface area contributed by atoms with Gasteiger partial charge in [0.15, 0.2) is 19.0 Å².